The minimum atomic E-state index is 0.190. The van der Waals surface area contributed by atoms with Crippen molar-refractivity contribution in [3.63, 3.8) is 0 Å². The molecule has 2 N–H and O–H groups in total. The first-order chi connectivity index (χ1) is 11.1. The monoisotopic (exact) mass is 381 g/mol. The maximum atomic E-state index is 5.50. The summed E-state index contributed by atoms with van der Waals surface area (Å²) in [6, 6.07) is 8.47. The average molecular weight is 382 g/mol. The van der Waals surface area contributed by atoms with Crippen molar-refractivity contribution in [1.82, 2.24) is 10.6 Å². The van der Waals surface area contributed by atoms with Gasteiger partial charge in [0.25, 0.3) is 0 Å². The molecule has 0 saturated heterocycles. The molecule has 0 aromatic heterocycles. The highest BCUT2D eigenvalue weighted by atomic mass is 79.9. The third-order valence-electron chi connectivity index (χ3n) is 4.52. The molecule has 1 aliphatic rings. The maximum Gasteiger partial charge on any atom is 0.191 e. The minimum absolute atomic E-state index is 0.190. The van der Waals surface area contributed by atoms with Gasteiger partial charge >= 0.3 is 0 Å². The van der Waals surface area contributed by atoms with Gasteiger partial charge in [-0.05, 0) is 50.2 Å². The van der Waals surface area contributed by atoms with E-state index in [9.17, 15) is 0 Å². The van der Waals surface area contributed by atoms with Crippen molar-refractivity contribution in [2.24, 2.45) is 10.4 Å². The number of halogens is 1. The number of hydrogen-bond donors (Lipinski definition) is 2. The van der Waals surface area contributed by atoms with Gasteiger partial charge in [-0.2, -0.15) is 0 Å². The van der Waals surface area contributed by atoms with E-state index in [4.69, 9.17) is 4.74 Å². The highest BCUT2D eigenvalue weighted by Gasteiger charge is 2.42. The Kier molecular flexibility index (Phi) is 6.90. The molecule has 1 fully saturated rings. The lowest BCUT2D eigenvalue weighted by molar-refractivity contribution is 0.128. The Labute approximate surface area is 148 Å². The van der Waals surface area contributed by atoms with Crippen molar-refractivity contribution >= 4 is 21.9 Å². The van der Waals surface area contributed by atoms with Crippen LogP contribution in [0.3, 0.4) is 0 Å². The van der Waals surface area contributed by atoms with Gasteiger partial charge in [0.15, 0.2) is 5.96 Å². The van der Waals surface area contributed by atoms with Gasteiger partial charge in [-0.1, -0.05) is 34.1 Å². The van der Waals surface area contributed by atoms with Crippen LogP contribution in [-0.2, 0) is 4.74 Å². The largest absolute Gasteiger partial charge is 0.382 e. The van der Waals surface area contributed by atoms with Crippen molar-refractivity contribution < 1.29 is 4.74 Å². The van der Waals surface area contributed by atoms with Crippen LogP contribution < -0.4 is 10.6 Å². The number of nitrogens with zero attached hydrogens (tertiary/aromatic N) is 1. The number of rotatable bonds is 8. The summed E-state index contributed by atoms with van der Waals surface area (Å²) < 4.78 is 6.62. The number of ether oxygens (including phenoxy) is 1. The lowest BCUT2D eigenvalue weighted by atomic mass is 10.0. The number of hydrogen-bond acceptors (Lipinski definition) is 2. The van der Waals surface area contributed by atoms with Crippen LogP contribution in [0.4, 0.5) is 0 Å². The second kappa shape index (κ2) is 8.69. The Morgan fingerprint density at radius 3 is 2.74 bits per heavy atom. The van der Waals surface area contributed by atoms with Gasteiger partial charge in [-0.3, -0.25) is 4.99 Å². The molecule has 0 spiro atoms. The lowest BCUT2D eigenvalue weighted by Crippen LogP contribution is -2.41. The van der Waals surface area contributed by atoms with E-state index >= 15 is 0 Å². The van der Waals surface area contributed by atoms with E-state index in [1.165, 1.54) is 18.4 Å². The third kappa shape index (κ3) is 5.50. The zero-order chi connectivity index (χ0) is 16.7. The molecule has 1 atom stereocenters. The highest BCUT2D eigenvalue weighted by molar-refractivity contribution is 9.10. The van der Waals surface area contributed by atoms with Gasteiger partial charge in [0.1, 0.15) is 0 Å². The molecular formula is C18H28BrN3O. The van der Waals surface area contributed by atoms with Crippen molar-refractivity contribution in [2.75, 3.05) is 26.8 Å². The molecule has 1 unspecified atom stereocenters. The molecule has 2 rings (SSSR count). The average Bonchev–Trinajstić information content (AvgIpc) is 3.32. The molecule has 128 valence electrons. The maximum absolute atomic E-state index is 5.50. The molecule has 1 aliphatic carbocycles. The Bertz CT molecular complexity index is 529. The molecule has 23 heavy (non-hydrogen) atoms. The fourth-order valence-corrected chi connectivity index (χ4v) is 3.33. The summed E-state index contributed by atoms with van der Waals surface area (Å²) in [4.78, 5) is 4.36. The fourth-order valence-electron chi connectivity index (χ4n) is 2.70. The first-order valence-corrected chi connectivity index (χ1v) is 9.19. The van der Waals surface area contributed by atoms with E-state index in [-0.39, 0.29) is 6.04 Å². The Balaban J connectivity index is 1.83. The number of guanidine groups is 1. The minimum Gasteiger partial charge on any atom is -0.382 e. The van der Waals surface area contributed by atoms with Crippen LogP contribution in [-0.4, -0.2) is 32.8 Å². The molecule has 1 saturated carbocycles. The summed E-state index contributed by atoms with van der Waals surface area (Å²) in [5, 5.41) is 6.96. The Morgan fingerprint density at radius 1 is 1.39 bits per heavy atom. The normalized spacial score (nSPS) is 17.7. The van der Waals surface area contributed by atoms with Crippen LogP contribution in [0.5, 0.6) is 0 Å². The summed E-state index contributed by atoms with van der Waals surface area (Å²) in [6.07, 6.45) is 3.69. The van der Waals surface area contributed by atoms with Crippen molar-refractivity contribution in [3.05, 3.63) is 34.3 Å². The summed E-state index contributed by atoms with van der Waals surface area (Å²) in [6.45, 7) is 6.82. The van der Waals surface area contributed by atoms with Crippen molar-refractivity contribution in [3.8, 4) is 0 Å². The molecule has 1 aromatic rings. The number of nitrogens with one attached hydrogen (secondary N) is 2. The van der Waals surface area contributed by atoms with E-state index in [0.29, 0.717) is 5.41 Å². The second-order valence-electron chi connectivity index (χ2n) is 6.26. The molecular weight excluding hydrogens is 354 g/mol. The smallest absolute Gasteiger partial charge is 0.191 e. The molecule has 5 heteroatoms. The summed E-state index contributed by atoms with van der Waals surface area (Å²) in [5.74, 6) is 0.857. The van der Waals surface area contributed by atoms with Crippen LogP contribution in [0, 0.1) is 5.41 Å². The zero-order valence-electron chi connectivity index (χ0n) is 14.4. The molecule has 0 radical (unpaired) electrons. The molecule has 4 nitrogen and oxygen atoms in total. The third-order valence-corrected chi connectivity index (χ3v) is 5.24. The van der Waals surface area contributed by atoms with Gasteiger partial charge in [-0.15, -0.1) is 0 Å². The quantitative estimate of drug-likeness (QED) is 0.408. The summed E-state index contributed by atoms with van der Waals surface area (Å²) >= 11 is 3.61. The Morgan fingerprint density at radius 2 is 2.13 bits per heavy atom. The predicted molar refractivity (Wildman–Crippen MR) is 99.8 cm³/mol. The molecule has 0 amide bonds. The molecule has 0 aliphatic heterocycles. The van der Waals surface area contributed by atoms with Gasteiger partial charge in [0.2, 0.25) is 0 Å². The number of aliphatic imine (C=N–C) groups is 1. The van der Waals surface area contributed by atoms with E-state index in [2.05, 4.69) is 56.7 Å². The van der Waals surface area contributed by atoms with E-state index in [1.54, 1.807) is 0 Å². The van der Waals surface area contributed by atoms with Crippen LogP contribution in [0.2, 0.25) is 0 Å². The van der Waals surface area contributed by atoms with E-state index < -0.39 is 0 Å². The van der Waals surface area contributed by atoms with Gasteiger partial charge in [0.05, 0.1) is 6.04 Å². The standard InChI is InChI=1S/C18H28BrN3O/c1-4-23-12-11-18(9-10-18)13-21-17(20-3)22-14(2)15-7-5-6-8-16(15)19/h5-8,14H,4,9-13H2,1-3H3,(H2,20,21,22). The highest BCUT2D eigenvalue weighted by Crippen LogP contribution is 2.48. The fraction of sp³-hybridized carbons (Fsp3) is 0.611. The zero-order valence-corrected chi connectivity index (χ0v) is 15.9. The summed E-state index contributed by atoms with van der Waals surface area (Å²) in [7, 11) is 1.82. The first-order valence-electron chi connectivity index (χ1n) is 8.39. The number of benzene rings is 1. The van der Waals surface area contributed by atoms with Crippen molar-refractivity contribution in [2.45, 2.75) is 39.2 Å². The van der Waals surface area contributed by atoms with Crippen LogP contribution in [0.15, 0.2) is 33.7 Å². The predicted octanol–water partition coefficient (Wildman–Crippen LogP) is 3.88. The Hall–Kier alpha value is -1.07. The lowest BCUT2D eigenvalue weighted by Gasteiger charge is -2.22. The molecule has 1 aromatic carbocycles. The molecule has 0 bridgehead atoms. The van der Waals surface area contributed by atoms with Gasteiger partial charge in [-0.25, -0.2) is 0 Å². The van der Waals surface area contributed by atoms with Crippen LogP contribution >= 0.6 is 15.9 Å². The summed E-state index contributed by atoms with van der Waals surface area (Å²) in [5.41, 5.74) is 1.64. The van der Waals surface area contributed by atoms with Gasteiger partial charge < -0.3 is 15.4 Å². The SMILES string of the molecule is CCOCCC1(CNC(=NC)NC(C)c2ccccc2Br)CC1. The van der Waals surface area contributed by atoms with Crippen molar-refractivity contribution in [1.29, 1.82) is 0 Å². The van der Waals surface area contributed by atoms with Crippen LogP contribution in [0.1, 0.15) is 44.7 Å². The van der Waals surface area contributed by atoms with Crippen LogP contribution in [0.25, 0.3) is 0 Å². The molecule has 0 heterocycles. The van der Waals surface area contributed by atoms with E-state index in [0.717, 1.165) is 36.6 Å². The second-order valence-corrected chi connectivity index (χ2v) is 7.11. The first kappa shape index (κ1) is 18.3. The van der Waals surface area contributed by atoms with Gasteiger partial charge in [0, 0.05) is 31.3 Å². The van der Waals surface area contributed by atoms with E-state index in [1.807, 2.05) is 20.0 Å². The topological polar surface area (TPSA) is 45.6 Å².